The largest absolute Gasteiger partial charge is 0.300 e. The maximum atomic E-state index is 11.1. The molecule has 0 aliphatic rings. The number of ketones is 1. The van der Waals surface area contributed by atoms with E-state index < -0.39 is 0 Å². The summed E-state index contributed by atoms with van der Waals surface area (Å²) in [5, 5.41) is 8.80. The number of hydrogen-bond donors (Lipinski definition) is 0. The second-order valence-corrected chi connectivity index (χ2v) is 3.25. The van der Waals surface area contributed by atoms with Crippen LogP contribution in [0.15, 0.2) is 12.2 Å². The normalized spacial score (nSPS) is 15.2. The highest BCUT2D eigenvalue weighted by molar-refractivity contribution is 5.78. The van der Waals surface area contributed by atoms with Crippen molar-refractivity contribution in [2.24, 2.45) is 11.8 Å². The van der Waals surface area contributed by atoms with Gasteiger partial charge in [-0.15, -0.1) is 0 Å². The van der Waals surface area contributed by atoms with E-state index in [4.69, 9.17) is 5.26 Å². The number of nitriles is 1. The molecule has 72 valence electrons. The van der Waals surface area contributed by atoms with Crippen molar-refractivity contribution < 1.29 is 4.79 Å². The number of hydrogen-bond acceptors (Lipinski definition) is 2. The second kappa shape index (κ2) is 6.42. The van der Waals surface area contributed by atoms with Gasteiger partial charge in [0.25, 0.3) is 0 Å². The Morgan fingerprint density at radius 2 is 2.23 bits per heavy atom. The van der Waals surface area contributed by atoms with E-state index in [2.05, 4.69) is 6.07 Å². The van der Waals surface area contributed by atoms with Crippen molar-refractivity contribution >= 4 is 5.78 Å². The Hall–Kier alpha value is -1.10. The molecule has 0 N–H and O–H groups in total. The van der Waals surface area contributed by atoms with E-state index in [1.807, 2.05) is 32.9 Å². The molecular formula is C11H17NO. The van der Waals surface area contributed by atoms with E-state index in [1.165, 1.54) is 0 Å². The van der Waals surface area contributed by atoms with Gasteiger partial charge in [0, 0.05) is 12.8 Å². The Morgan fingerprint density at radius 3 is 2.62 bits per heavy atom. The maximum Gasteiger partial charge on any atom is 0.132 e. The number of carbonyl (C=O) groups is 1. The highest BCUT2D eigenvalue weighted by Crippen LogP contribution is 2.17. The average Bonchev–Trinajstić information content (AvgIpc) is 2.13. The van der Waals surface area contributed by atoms with Crippen molar-refractivity contribution in [3.8, 4) is 6.07 Å². The Bertz CT molecular complexity index is 225. The van der Waals surface area contributed by atoms with Crippen molar-refractivity contribution in [2.45, 2.75) is 33.6 Å². The SMILES string of the molecule is C/C=C/[C@@H](C#N)[C@@H](C)CC(=O)CC. The molecule has 0 aromatic heterocycles. The third-order valence-corrected chi connectivity index (χ3v) is 2.11. The van der Waals surface area contributed by atoms with E-state index >= 15 is 0 Å². The van der Waals surface area contributed by atoms with Crippen LogP contribution in [0.25, 0.3) is 0 Å². The quantitative estimate of drug-likeness (QED) is 0.609. The topological polar surface area (TPSA) is 40.9 Å². The molecule has 0 unspecified atom stereocenters. The van der Waals surface area contributed by atoms with Gasteiger partial charge in [0.1, 0.15) is 5.78 Å². The molecule has 0 aliphatic heterocycles. The molecule has 0 aromatic carbocycles. The maximum absolute atomic E-state index is 11.1. The zero-order valence-electron chi connectivity index (χ0n) is 8.58. The molecule has 0 fully saturated rings. The first-order valence-corrected chi connectivity index (χ1v) is 4.69. The van der Waals surface area contributed by atoms with Crippen molar-refractivity contribution in [1.29, 1.82) is 5.26 Å². The van der Waals surface area contributed by atoms with Crippen LogP contribution < -0.4 is 0 Å². The fraction of sp³-hybridized carbons (Fsp3) is 0.636. The molecule has 2 atom stereocenters. The van der Waals surface area contributed by atoms with Crippen LogP contribution in [0.5, 0.6) is 0 Å². The van der Waals surface area contributed by atoms with Gasteiger partial charge in [0.15, 0.2) is 0 Å². The summed E-state index contributed by atoms with van der Waals surface area (Å²) >= 11 is 0. The smallest absolute Gasteiger partial charge is 0.132 e. The zero-order chi connectivity index (χ0) is 10.3. The number of Topliss-reactive ketones (excluding diaryl/α,β-unsaturated/α-hetero) is 1. The van der Waals surface area contributed by atoms with Gasteiger partial charge >= 0.3 is 0 Å². The van der Waals surface area contributed by atoms with Crippen LogP contribution in [-0.4, -0.2) is 5.78 Å². The first-order valence-electron chi connectivity index (χ1n) is 4.69. The molecule has 0 saturated heterocycles. The Labute approximate surface area is 80.3 Å². The van der Waals surface area contributed by atoms with E-state index in [9.17, 15) is 4.79 Å². The van der Waals surface area contributed by atoms with Crippen LogP contribution in [-0.2, 0) is 4.79 Å². The van der Waals surface area contributed by atoms with Crippen LogP contribution in [0.4, 0.5) is 0 Å². The minimum Gasteiger partial charge on any atom is -0.300 e. The molecule has 0 aliphatic carbocycles. The van der Waals surface area contributed by atoms with Crippen LogP contribution in [0.3, 0.4) is 0 Å². The molecule has 0 spiro atoms. The summed E-state index contributed by atoms with van der Waals surface area (Å²) in [6, 6.07) is 2.19. The van der Waals surface area contributed by atoms with Crippen LogP contribution in [0.1, 0.15) is 33.6 Å². The summed E-state index contributed by atoms with van der Waals surface area (Å²) in [6.45, 7) is 5.69. The molecule has 13 heavy (non-hydrogen) atoms. The van der Waals surface area contributed by atoms with Crippen molar-refractivity contribution in [3.63, 3.8) is 0 Å². The first-order chi connectivity index (χ1) is 6.15. The van der Waals surface area contributed by atoms with E-state index in [0.717, 1.165) is 0 Å². The van der Waals surface area contributed by atoms with E-state index in [1.54, 1.807) is 0 Å². The third-order valence-electron chi connectivity index (χ3n) is 2.11. The molecule has 2 nitrogen and oxygen atoms in total. The van der Waals surface area contributed by atoms with Crippen LogP contribution in [0.2, 0.25) is 0 Å². The Kier molecular flexibility index (Phi) is 5.88. The van der Waals surface area contributed by atoms with Crippen LogP contribution in [0, 0.1) is 23.2 Å². The van der Waals surface area contributed by atoms with Crippen molar-refractivity contribution in [3.05, 3.63) is 12.2 Å². The lowest BCUT2D eigenvalue weighted by molar-refractivity contribution is -0.119. The summed E-state index contributed by atoms with van der Waals surface area (Å²) in [5.74, 6) is 0.242. The lowest BCUT2D eigenvalue weighted by Gasteiger charge is -2.12. The summed E-state index contributed by atoms with van der Waals surface area (Å²) in [6.07, 6.45) is 4.80. The third kappa shape index (κ3) is 4.47. The lowest BCUT2D eigenvalue weighted by atomic mass is 9.90. The Morgan fingerprint density at radius 1 is 1.62 bits per heavy atom. The predicted octanol–water partition coefficient (Wildman–Crippen LogP) is 2.71. The molecule has 0 amide bonds. The summed E-state index contributed by atoms with van der Waals surface area (Å²) < 4.78 is 0. The van der Waals surface area contributed by atoms with E-state index in [-0.39, 0.29) is 17.6 Å². The number of nitrogens with zero attached hydrogens (tertiary/aromatic N) is 1. The second-order valence-electron chi connectivity index (χ2n) is 3.25. The minimum atomic E-state index is -0.125. The summed E-state index contributed by atoms with van der Waals surface area (Å²) in [5.41, 5.74) is 0. The lowest BCUT2D eigenvalue weighted by Crippen LogP contribution is -2.12. The Balaban J connectivity index is 4.15. The van der Waals surface area contributed by atoms with E-state index in [0.29, 0.717) is 12.8 Å². The molecule has 0 aromatic rings. The van der Waals surface area contributed by atoms with Gasteiger partial charge in [-0.1, -0.05) is 26.0 Å². The highest BCUT2D eigenvalue weighted by atomic mass is 16.1. The molecule has 0 heterocycles. The molecular weight excluding hydrogens is 162 g/mol. The first kappa shape index (κ1) is 11.9. The highest BCUT2D eigenvalue weighted by Gasteiger charge is 2.15. The van der Waals surface area contributed by atoms with Crippen molar-refractivity contribution in [1.82, 2.24) is 0 Å². The molecule has 2 heteroatoms. The minimum absolute atomic E-state index is 0.125. The monoisotopic (exact) mass is 179 g/mol. The fourth-order valence-electron chi connectivity index (χ4n) is 1.20. The van der Waals surface area contributed by atoms with Gasteiger partial charge in [-0.25, -0.2) is 0 Å². The number of carbonyl (C=O) groups excluding carboxylic acids is 1. The summed E-state index contributed by atoms with van der Waals surface area (Å²) in [7, 11) is 0. The van der Waals surface area contributed by atoms with Gasteiger partial charge in [0.05, 0.1) is 12.0 Å². The number of allylic oxidation sites excluding steroid dienone is 2. The molecule has 0 saturated carbocycles. The predicted molar refractivity (Wildman–Crippen MR) is 53.0 cm³/mol. The number of rotatable bonds is 5. The molecule has 0 bridgehead atoms. The van der Waals surface area contributed by atoms with Gasteiger partial charge in [-0.3, -0.25) is 4.79 Å². The van der Waals surface area contributed by atoms with Gasteiger partial charge in [-0.05, 0) is 12.8 Å². The van der Waals surface area contributed by atoms with Gasteiger partial charge < -0.3 is 0 Å². The van der Waals surface area contributed by atoms with Crippen molar-refractivity contribution in [2.75, 3.05) is 0 Å². The van der Waals surface area contributed by atoms with Gasteiger partial charge in [-0.2, -0.15) is 5.26 Å². The van der Waals surface area contributed by atoms with Gasteiger partial charge in [0.2, 0.25) is 0 Å². The molecule has 0 rings (SSSR count). The fourth-order valence-corrected chi connectivity index (χ4v) is 1.20. The zero-order valence-corrected chi connectivity index (χ0v) is 8.58. The summed E-state index contributed by atoms with van der Waals surface area (Å²) in [4.78, 5) is 11.1. The molecule has 0 radical (unpaired) electrons. The average molecular weight is 179 g/mol. The van der Waals surface area contributed by atoms with Crippen LogP contribution >= 0.6 is 0 Å². The standard InChI is InChI=1S/C11H17NO/c1-4-6-10(8-12)9(3)7-11(13)5-2/h4,6,9-10H,5,7H2,1-3H3/b6-4+/t9-,10-/m0/s1.